The molecule has 4 unspecified atom stereocenters. The fourth-order valence-corrected chi connectivity index (χ4v) is 10.0. The van der Waals surface area contributed by atoms with Crippen LogP contribution in [-0.4, -0.2) is 91.1 Å². The fraction of sp³-hybridized carbons (Fsp3) is 0.545. The van der Waals surface area contributed by atoms with Crippen LogP contribution < -0.4 is 37.6 Å². The van der Waals surface area contributed by atoms with Crippen molar-refractivity contribution in [3.63, 3.8) is 0 Å². The number of unbranched alkanes of at least 4 members (excludes halogenated alkanes) is 7. The van der Waals surface area contributed by atoms with Crippen molar-refractivity contribution in [1.29, 1.82) is 0 Å². The van der Waals surface area contributed by atoms with Crippen LogP contribution in [0, 0.1) is 17.8 Å². The lowest BCUT2D eigenvalue weighted by molar-refractivity contribution is -0.156. The molecular formula is C66H95N7O11. The van der Waals surface area contributed by atoms with E-state index in [2.05, 4.69) is 70.1 Å². The third-order valence-electron chi connectivity index (χ3n) is 14.7. The number of amides is 7. The first kappa shape index (κ1) is 69.0. The number of ether oxygens (including phenoxy) is 3. The SMILES string of the molecule is CCC=CCC=CCCCCCC(CCCCCCC)C(=O)COC(=O)C(C)(C)NC(=O)C(CC(C)C)NC(=O)OCc1ccc(NC(=O)C(CCCNC(N)=O)NC(=O)C(NC(=O)OCC2c3ccccc3-c3ccccc32)C(C)C)cc1. The molecule has 1 aliphatic carbocycles. The van der Waals surface area contributed by atoms with Gasteiger partial charge in [0.2, 0.25) is 17.7 Å². The van der Waals surface area contributed by atoms with Crippen molar-refractivity contribution in [1.82, 2.24) is 26.6 Å². The number of benzene rings is 3. The molecule has 3 aromatic rings. The zero-order chi connectivity index (χ0) is 61.4. The van der Waals surface area contributed by atoms with Crippen molar-refractivity contribution in [2.24, 2.45) is 23.5 Å². The Morgan fingerprint density at radius 1 is 0.631 bits per heavy atom. The number of primary amides is 1. The molecule has 7 amide bonds. The Morgan fingerprint density at radius 3 is 1.87 bits per heavy atom. The van der Waals surface area contributed by atoms with Crippen LogP contribution in [0.2, 0.25) is 0 Å². The monoisotopic (exact) mass is 1160 g/mol. The van der Waals surface area contributed by atoms with Gasteiger partial charge in [-0.05, 0) is 123 Å². The number of fused-ring (bicyclic) bond motifs is 3. The Balaban J connectivity index is 1.29. The number of urea groups is 1. The van der Waals surface area contributed by atoms with Crippen LogP contribution in [0.5, 0.6) is 0 Å². The van der Waals surface area contributed by atoms with Gasteiger partial charge in [-0.25, -0.2) is 19.2 Å². The number of ketones is 1. The first-order chi connectivity index (χ1) is 40.2. The molecule has 0 saturated carbocycles. The zero-order valence-electron chi connectivity index (χ0n) is 51.0. The highest BCUT2D eigenvalue weighted by Crippen LogP contribution is 2.44. The average Bonchev–Trinajstić information content (AvgIpc) is 3.21. The van der Waals surface area contributed by atoms with E-state index in [1.54, 1.807) is 38.1 Å². The van der Waals surface area contributed by atoms with E-state index in [1.165, 1.54) is 13.8 Å². The molecule has 8 N–H and O–H groups in total. The number of esters is 1. The van der Waals surface area contributed by atoms with E-state index < -0.39 is 71.5 Å². The normalized spacial score (nSPS) is 13.5. The van der Waals surface area contributed by atoms with E-state index in [0.717, 1.165) is 106 Å². The molecule has 0 fully saturated rings. The zero-order valence-corrected chi connectivity index (χ0v) is 51.0. The summed E-state index contributed by atoms with van der Waals surface area (Å²) in [5, 5.41) is 16.1. The van der Waals surface area contributed by atoms with Gasteiger partial charge in [-0.15, -0.1) is 0 Å². The van der Waals surface area contributed by atoms with Crippen molar-refractivity contribution < 1.29 is 52.6 Å². The van der Waals surface area contributed by atoms with Crippen LogP contribution in [0.15, 0.2) is 97.1 Å². The third kappa shape index (κ3) is 24.4. The lowest BCUT2D eigenvalue weighted by Gasteiger charge is -2.28. The van der Waals surface area contributed by atoms with E-state index in [0.29, 0.717) is 11.3 Å². The van der Waals surface area contributed by atoms with Crippen molar-refractivity contribution >= 4 is 53.4 Å². The number of hydrogen-bond donors (Lipinski definition) is 7. The summed E-state index contributed by atoms with van der Waals surface area (Å²) in [6.07, 6.45) is 20.4. The highest BCUT2D eigenvalue weighted by atomic mass is 16.6. The van der Waals surface area contributed by atoms with Gasteiger partial charge in [-0.1, -0.05) is 171 Å². The van der Waals surface area contributed by atoms with Crippen LogP contribution in [0.4, 0.5) is 20.1 Å². The Bertz CT molecular complexity index is 2600. The van der Waals surface area contributed by atoms with Gasteiger partial charge in [0, 0.05) is 24.1 Å². The number of allylic oxidation sites excluding steroid dienone is 4. The maximum absolute atomic E-state index is 13.9. The van der Waals surface area contributed by atoms with Crippen LogP contribution >= 0.6 is 0 Å². The topological polar surface area (TPSA) is 262 Å². The second-order valence-electron chi connectivity index (χ2n) is 23.1. The summed E-state index contributed by atoms with van der Waals surface area (Å²) < 4.78 is 16.8. The molecule has 84 heavy (non-hydrogen) atoms. The van der Waals surface area contributed by atoms with Crippen LogP contribution in [0.1, 0.15) is 181 Å². The third-order valence-corrected chi connectivity index (χ3v) is 14.7. The molecule has 3 aromatic carbocycles. The fourth-order valence-electron chi connectivity index (χ4n) is 10.0. The first-order valence-electron chi connectivity index (χ1n) is 30.3. The number of carbonyl (C=O) groups excluding carboxylic acids is 8. The molecule has 0 aromatic heterocycles. The maximum atomic E-state index is 13.9. The second-order valence-corrected chi connectivity index (χ2v) is 23.1. The summed E-state index contributed by atoms with van der Waals surface area (Å²) in [5.41, 5.74) is 8.86. The van der Waals surface area contributed by atoms with Crippen molar-refractivity contribution in [3.8, 4) is 11.1 Å². The minimum Gasteiger partial charge on any atom is -0.456 e. The van der Waals surface area contributed by atoms with Gasteiger partial charge in [0.1, 0.15) is 43.5 Å². The molecule has 4 rings (SSSR count). The van der Waals surface area contributed by atoms with Crippen LogP contribution in [0.25, 0.3) is 11.1 Å². The predicted octanol–water partition coefficient (Wildman–Crippen LogP) is 11.6. The quantitative estimate of drug-likeness (QED) is 0.0123. The number of Topliss-reactive ketones (excluding diaryl/α,β-unsaturated/α-hetero) is 1. The first-order valence-corrected chi connectivity index (χ1v) is 30.3. The molecule has 1 aliphatic rings. The minimum atomic E-state index is -1.53. The summed E-state index contributed by atoms with van der Waals surface area (Å²) in [6, 6.07) is 18.3. The van der Waals surface area contributed by atoms with E-state index in [1.807, 2.05) is 62.4 Å². The summed E-state index contributed by atoms with van der Waals surface area (Å²) in [7, 11) is 0. The second kappa shape index (κ2) is 36.9. The maximum Gasteiger partial charge on any atom is 0.408 e. The summed E-state index contributed by atoms with van der Waals surface area (Å²) in [5.74, 6) is -3.55. The Morgan fingerprint density at radius 2 is 1.25 bits per heavy atom. The Kier molecular flexibility index (Phi) is 30.3. The van der Waals surface area contributed by atoms with Gasteiger partial charge in [0.25, 0.3) is 0 Å². The minimum absolute atomic E-state index is 0.0397. The number of alkyl carbamates (subject to hydrolysis) is 2. The van der Waals surface area contributed by atoms with Crippen molar-refractivity contribution in [3.05, 3.63) is 114 Å². The van der Waals surface area contributed by atoms with Gasteiger partial charge in [0.05, 0.1) is 0 Å². The largest absolute Gasteiger partial charge is 0.456 e. The van der Waals surface area contributed by atoms with Crippen LogP contribution in [0.3, 0.4) is 0 Å². The van der Waals surface area contributed by atoms with Crippen molar-refractivity contribution in [2.45, 2.75) is 194 Å². The number of carbonyl (C=O) groups is 8. The molecule has 0 aliphatic heterocycles. The molecule has 18 nitrogen and oxygen atoms in total. The Hall–Kier alpha value is -7.50. The van der Waals surface area contributed by atoms with Gasteiger partial charge < -0.3 is 51.8 Å². The number of nitrogens with two attached hydrogens (primary N) is 1. The molecule has 0 spiro atoms. The molecule has 0 radical (unpaired) electrons. The molecule has 18 heteroatoms. The van der Waals surface area contributed by atoms with Gasteiger partial charge in [-0.2, -0.15) is 0 Å². The smallest absolute Gasteiger partial charge is 0.408 e. The van der Waals surface area contributed by atoms with Gasteiger partial charge >= 0.3 is 24.2 Å². The average molecular weight is 1160 g/mol. The molecule has 460 valence electrons. The molecule has 0 saturated heterocycles. The molecule has 4 atom stereocenters. The summed E-state index contributed by atoms with van der Waals surface area (Å²) in [4.78, 5) is 106. The summed E-state index contributed by atoms with van der Waals surface area (Å²) >= 11 is 0. The molecule has 0 bridgehead atoms. The van der Waals surface area contributed by atoms with Crippen LogP contribution in [-0.2, 0) is 44.8 Å². The lowest BCUT2D eigenvalue weighted by atomic mass is 9.91. The lowest BCUT2D eigenvalue weighted by Crippen LogP contribution is -2.57. The Labute approximate surface area is 498 Å². The van der Waals surface area contributed by atoms with E-state index in [9.17, 15) is 38.4 Å². The van der Waals surface area contributed by atoms with E-state index >= 15 is 0 Å². The molecule has 0 heterocycles. The number of anilines is 1. The highest BCUT2D eigenvalue weighted by Gasteiger charge is 2.36. The standard InChI is InChI=1S/C66H95N7O11/c1-9-11-13-15-16-17-18-19-21-23-30-48(29-22-20-14-12-10-2)57(74)44-82-62(78)66(7,8)73-60(76)56(41-45(3)4)71-64(80)83-42-47-36-38-49(39-37-47)69-59(75)55(35-28-40-68-63(67)79)70-61(77)58(46(5)6)72-65(81)84-43-54-52-33-26-24-31-50(52)51-32-25-27-34-53(51)54/h11,13,16-17,24-27,31-34,36-39,45-46,48,54-56,58H,9-10,12,14-15,18-23,28-30,35,40-44H2,1-8H3,(H,69,75)(H,70,77)(H,71,80)(H,72,81)(H,73,76)(H3,67,68,79). The predicted molar refractivity (Wildman–Crippen MR) is 329 cm³/mol. The van der Waals surface area contributed by atoms with E-state index in [-0.39, 0.29) is 69.2 Å². The van der Waals surface area contributed by atoms with Crippen molar-refractivity contribution in [2.75, 3.05) is 25.1 Å². The molecular weight excluding hydrogens is 1070 g/mol. The highest BCUT2D eigenvalue weighted by molar-refractivity contribution is 5.98. The van der Waals surface area contributed by atoms with Gasteiger partial charge in [0.15, 0.2) is 5.78 Å². The number of rotatable bonds is 38. The number of nitrogens with one attached hydrogen (secondary N) is 6. The number of hydrogen-bond acceptors (Lipinski definition) is 11. The summed E-state index contributed by atoms with van der Waals surface area (Å²) in [6.45, 7) is 14.1. The van der Waals surface area contributed by atoms with E-state index in [4.69, 9.17) is 19.9 Å². The van der Waals surface area contributed by atoms with Gasteiger partial charge in [-0.3, -0.25) is 19.2 Å².